The molecule has 0 fully saturated rings. The summed E-state index contributed by atoms with van der Waals surface area (Å²) in [5, 5.41) is 3.32. The molecule has 62 valence electrons. The van der Waals surface area contributed by atoms with Gasteiger partial charge in [0, 0.05) is 6.54 Å². The molecule has 0 radical (unpaired) electrons. The van der Waals surface area contributed by atoms with Crippen molar-refractivity contribution in [3.05, 3.63) is 15.5 Å². The largest absolute Gasteiger partial charge is 0.312 e. The third-order valence-electron chi connectivity index (χ3n) is 1.31. The minimum absolute atomic E-state index is 0.930. The third kappa shape index (κ3) is 2.89. The molecule has 0 saturated carbocycles. The Balaban J connectivity index is 2.32. The van der Waals surface area contributed by atoms with Gasteiger partial charge in [-0.3, -0.25) is 0 Å². The van der Waals surface area contributed by atoms with E-state index in [-0.39, 0.29) is 0 Å². The SMILES string of the molecule is CCCNCc1sncc1Br. The van der Waals surface area contributed by atoms with Gasteiger partial charge in [-0.25, -0.2) is 0 Å². The fourth-order valence-corrected chi connectivity index (χ4v) is 1.93. The average Bonchev–Trinajstić information content (AvgIpc) is 2.37. The van der Waals surface area contributed by atoms with Gasteiger partial charge in [-0.1, -0.05) is 6.92 Å². The highest BCUT2D eigenvalue weighted by molar-refractivity contribution is 9.10. The summed E-state index contributed by atoms with van der Waals surface area (Å²) in [6, 6.07) is 0. The van der Waals surface area contributed by atoms with Gasteiger partial charge in [0.05, 0.1) is 15.5 Å². The zero-order valence-electron chi connectivity index (χ0n) is 6.43. The van der Waals surface area contributed by atoms with E-state index in [0.717, 1.165) is 17.6 Å². The van der Waals surface area contributed by atoms with Crippen LogP contribution in [0.25, 0.3) is 0 Å². The van der Waals surface area contributed by atoms with Crippen molar-refractivity contribution in [3.8, 4) is 0 Å². The van der Waals surface area contributed by atoms with E-state index in [1.54, 1.807) is 11.5 Å². The highest BCUT2D eigenvalue weighted by Gasteiger charge is 2.00. The van der Waals surface area contributed by atoms with Gasteiger partial charge in [0.25, 0.3) is 0 Å². The maximum Gasteiger partial charge on any atom is 0.0552 e. The summed E-state index contributed by atoms with van der Waals surface area (Å²) in [5.41, 5.74) is 0. The van der Waals surface area contributed by atoms with E-state index in [9.17, 15) is 0 Å². The second-order valence-electron chi connectivity index (χ2n) is 2.27. The van der Waals surface area contributed by atoms with E-state index >= 15 is 0 Å². The number of nitrogens with one attached hydrogen (secondary N) is 1. The second-order valence-corrected chi connectivity index (χ2v) is 4.01. The Morgan fingerprint density at radius 3 is 3.09 bits per heavy atom. The zero-order chi connectivity index (χ0) is 8.10. The van der Waals surface area contributed by atoms with Crippen LogP contribution < -0.4 is 5.32 Å². The topological polar surface area (TPSA) is 24.9 Å². The molecule has 2 nitrogen and oxygen atoms in total. The van der Waals surface area contributed by atoms with E-state index < -0.39 is 0 Å². The molecule has 0 saturated heterocycles. The molecule has 1 N–H and O–H groups in total. The summed E-state index contributed by atoms with van der Waals surface area (Å²) in [5.74, 6) is 0. The van der Waals surface area contributed by atoms with Gasteiger partial charge in [-0.2, -0.15) is 4.37 Å². The Kier molecular flexibility index (Phi) is 4.04. The van der Waals surface area contributed by atoms with Crippen molar-refractivity contribution >= 4 is 27.5 Å². The average molecular weight is 235 g/mol. The number of hydrogen-bond acceptors (Lipinski definition) is 3. The van der Waals surface area contributed by atoms with E-state index in [0.29, 0.717) is 0 Å². The van der Waals surface area contributed by atoms with Crippen molar-refractivity contribution in [2.24, 2.45) is 0 Å². The molecule has 0 aliphatic rings. The summed E-state index contributed by atoms with van der Waals surface area (Å²) >= 11 is 4.97. The van der Waals surface area contributed by atoms with Crippen LogP contribution in [0.2, 0.25) is 0 Å². The molecule has 1 aromatic rings. The summed E-state index contributed by atoms with van der Waals surface area (Å²) in [4.78, 5) is 1.28. The lowest BCUT2D eigenvalue weighted by atomic mass is 10.4. The van der Waals surface area contributed by atoms with Gasteiger partial charge >= 0.3 is 0 Å². The quantitative estimate of drug-likeness (QED) is 0.810. The molecule has 0 spiro atoms. The third-order valence-corrected chi connectivity index (χ3v) is 3.05. The molecule has 1 heterocycles. The molecule has 1 rings (SSSR count). The fourth-order valence-electron chi connectivity index (χ4n) is 0.747. The second kappa shape index (κ2) is 4.85. The van der Waals surface area contributed by atoms with Gasteiger partial charge in [0.15, 0.2) is 0 Å². The molecule has 0 atom stereocenters. The summed E-state index contributed by atoms with van der Waals surface area (Å²) in [6.07, 6.45) is 3.02. The predicted octanol–water partition coefficient (Wildman–Crippen LogP) is 2.41. The minimum Gasteiger partial charge on any atom is -0.312 e. The Hall–Kier alpha value is 0.0700. The number of rotatable bonds is 4. The van der Waals surface area contributed by atoms with Crippen molar-refractivity contribution in [2.75, 3.05) is 6.54 Å². The van der Waals surface area contributed by atoms with Gasteiger partial charge in [0.1, 0.15) is 0 Å². The molecule has 0 aliphatic carbocycles. The molecule has 0 bridgehead atoms. The van der Waals surface area contributed by atoms with E-state index in [1.165, 1.54) is 11.3 Å². The smallest absolute Gasteiger partial charge is 0.0552 e. The number of halogens is 1. The van der Waals surface area contributed by atoms with Gasteiger partial charge in [-0.15, -0.1) is 0 Å². The summed E-state index contributed by atoms with van der Waals surface area (Å²) in [7, 11) is 0. The molecule has 0 aliphatic heterocycles. The lowest BCUT2D eigenvalue weighted by Gasteiger charge is -1.98. The van der Waals surface area contributed by atoms with Crippen LogP contribution >= 0.6 is 27.5 Å². The van der Waals surface area contributed by atoms with Crippen molar-refractivity contribution in [1.82, 2.24) is 9.69 Å². The van der Waals surface area contributed by atoms with Crippen LogP contribution in [-0.4, -0.2) is 10.9 Å². The Morgan fingerprint density at radius 2 is 2.55 bits per heavy atom. The van der Waals surface area contributed by atoms with Gasteiger partial charge in [0.2, 0.25) is 0 Å². The highest BCUT2D eigenvalue weighted by atomic mass is 79.9. The monoisotopic (exact) mass is 234 g/mol. The maximum absolute atomic E-state index is 4.06. The first kappa shape index (κ1) is 9.16. The van der Waals surface area contributed by atoms with Gasteiger partial charge in [-0.05, 0) is 40.4 Å². The highest BCUT2D eigenvalue weighted by Crippen LogP contribution is 2.19. The molecule has 11 heavy (non-hydrogen) atoms. The van der Waals surface area contributed by atoms with Crippen molar-refractivity contribution in [3.63, 3.8) is 0 Å². The van der Waals surface area contributed by atoms with Crippen molar-refractivity contribution in [2.45, 2.75) is 19.9 Å². The predicted molar refractivity (Wildman–Crippen MR) is 51.8 cm³/mol. The van der Waals surface area contributed by atoms with E-state index in [2.05, 4.69) is 32.5 Å². The molecule has 0 aromatic carbocycles. The van der Waals surface area contributed by atoms with Crippen LogP contribution in [0.15, 0.2) is 10.7 Å². The lowest BCUT2D eigenvalue weighted by Crippen LogP contribution is -2.12. The van der Waals surface area contributed by atoms with Crippen LogP contribution in [0, 0.1) is 0 Å². The normalized spacial score (nSPS) is 10.4. The van der Waals surface area contributed by atoms with E-state index in [1.807, 2.05) is 6.20 Å². The maximum atomic E-state index is 4.06. The molecule has 0 amide bonds. The van der Waals surface area contributed by atoms with Crippen LogP contribution in [0.1, 0.15) is 18.2 Å². The van der Waals surface area contributed by atoms with Crippen LogP contribution in [0.5, 0.6) is 0 Å². The lowest BCUT2D eigenvalue weighted by molar-refractivity contribution is 0.680. The van der Waals surface area contributed by atoms with E-state index in [4.69, 9.17) is 0 Å². The zero-order valence-corrected chi connectivity index (χ0v) is 8.83. The Bertz CT molecular complexity index is 212. The number of aromatic nitrogens is 1. The Labute approximate surface area is 79.3 Å². The Morgan fingerprint density at radius 1 is 1.73 bits per heavy atom. The minimum atomic E-state index is 0.930. The standard InChI is InChI=1S/C7H11BrN2S/c1-2-3-9-5-7-6(8)4-10-11-7/h4,9H,2-3,5H2,1H3. The molecule has 4 heteroatoms. The number of hydrogen-bond donors (Lipinski definition) is 1. The summed E-state index contributed by atoms with van der Waals surface area (Å²) in [6.45, 7) is 4.16. The molecular weight excluding hydrogens is 224 g/mol. The molecular formula is C7H11BrN2S. The van der Waals surface area contributed by atoms with Crippen molar-refractivity contribution < 1.29 is 0 Å². The van der Waals surface area contributed by atoms with Gasteiger partial charge < -0.3 is 5.32 Å². The van der Waals surface area contributed by atoms with Crippen molar-refractivity contribution in [1.29, 1.82) is 0 Å². The number of nitrogens with zero attached hydrogens (tertiary/aromatic N) is 1. The van der Waals surface area contributed by atoms with Crippen LogP contribution in [-0.2, 0) is 6.54 Å². The first-order chi connectivity index (χ1) is 5.34. The first-order valence-corrected chi connectivity index (χ1v) is 5.21. The first-order valence-electron chi connectivity index (χ1n) is 3.64. The summed E-state index contributed by atoms with van der Waals surface area (Å²) < 4.78 is 5.17. The fraction of sp³-hybridized carbons (Fsp3) is 0.571. The molecule has 0 unspecified atom stereocenters. The van der Waals surface area contributed by atoms with Crippen LogP contribution in [0.4, 0.5) is 0 Å². The van der Waals surface area contributed by atoms with Crippen LogP contribution in [0.3, 0.4) is 0 Å². The molecule has 1 aromatic heterocycles.